The standard InChI is InChI=1S/C15H24FN3O3S.HI/c1-4-22-8-7-18-15(17-2)19-10-13-9-14(16)6-5-12(13)11-23(3,20)21;/h5-6,9H,4,7-8,10-11H2,1-3H3,(H2,17,18,19);1H. The molecule has 0 radical (unpaired) electrons. The Morgan fingerprint density at radius 3 is 2.58 bits per heavy atom. The number of sulfone groups is 1. The zero-order chi connectivity index (χ0) is 17.3. The fourth-order valence-corrected chi connectivity index (χ4v) is 2.81. The number of hydrogen-bond donors (Lipinski definition) is 2. The van der Waals surface area contributed by atoms with Crippen molar-refractivity contribution in [3.8, 4) is 0 Å². The van der Waals surface area contributed by atoms with Crippen LogP contribution in [0.4, 0.5) is 4.39 Å². The Labute approximate surface area is 160 Å². The molecule has 0 saturated heterocycles. The van der Waals surface area contributed by atoms with E-state index in [-0.39, 0.29) is 36.3 Å². The largest absolute Gasteiger partial charge is 0.380 e. The van der Waals surface area contributed by atoms with Crippen LogP contribution in [0.25, 0.3) is 0 Å². The third-order valence-electron chi connectivity index (χ3n) is 3.00. The topological polar surface area (TPSA) is 79.8 Å². The van der Waals surface area contributed by atoms with Gasteiger partial charge in [0.05, 0.1) is 12.4 Å². The van der Waals surface area contributed by atoms with Crippen molar-refractivity contribution in [1.29, 1.82) is 0 Å². The van der Waals surface area contributed by atoms with Gasteiger partial charge in [-0.2, -0.15) is 0 Å². The number of halogens is 2. The van der Waals surface area contributed by atoms with E-state index in [0.29, 0.717) is 36.8 Å². The van der Waals surface area contributed by atoms with E-state index in [2.05, 4.69) is 15.6 Å². The molecular formula is C15H25FIN3O3S. The number of aliphatic imine (C=N–C) groups is 1. The summed E-state index contributed by atoms with van der Waals surface area (Å²) in [5, 5.41) is 6.10. The molecule has 1 aromatic carbocycles. The Balaban J connectivity index is 0.00000529. The normalized spacial score (nSPS) is 11.8. The van der Waals surface area contributed by atoms with Crippen LogP contribution in [-0.4, -0.2) is 47.4 Å². The third-order valence-corrected chi connectivity index (χ3v) is 3.83. The van der Waals surface area contributed by atoms with Gasteiger partial charge < -0.3 is 15.4 Å². The molecule has 0 amide bonds. The lowest BCUT2D eigenvalue weighted by Crippen LogP contribution is -2.38. The van der Waals surface area contributed by atoms with E-state index in [1.807, 2.05) is 6.92 Å². The number of nitrogens with one attached hydrogen (secondary N) is 2. The second kappa shape index (κ2) is 11.6. The molecule has 2 N–H and O–H groups in total. The summed E-state index contributed by atoms with van der Waals surface area (Å²) in [5.41, 5.74) is 1.16. The van der Waals surface area contributed by atoms with Crippen molar-refractivity contribution in [3.63, 3.8) is 0 Å². The highest BCUT2D eigenvalue weighted by molar-refractivity contribution is 14.0. The van der Waals surface area contributed by atoms with Crippen LogP contribution in [0, 0.1) is 5.82 Å². The van der Waals surface area contributed by atoms with Crippen LogP contribution in [0.3, 0.4) is 0 Å². The first-order chi connectivity index (χ1) is 10.9. The molecule has 0 spiro atoms. The molecule has 9 heteroatoms. The van der Waals surface area contributed by atoms with Crippen LogP contribution in [0.15, 0.2) is 23.2 Å². The Kier molecular flexibility index (Phi) is 11.1. The molecule has 0 aliphatic rings. The van der Waals surface area contributed by atoms with Gasteiger partial charge in [-0.25, -0.2) is 12.8 Å². The van der Waals surface area contributed by atoms with E-state index in [1.54, 1.807) is 7.05 Å². The minimum atomic E-state index is -3.19. The molecule has 0 heterocycles. The van der Waals surface area contributed by atoms with Gasteiger partial charge >= 0.3 is 0 Å². The van der Waals surface area contributed by atoms with Crippen LogP contribution >= 0.6 is 24.0 Å². The van der Waals surface area contributed by atoms with Gasteiger partial charge in [-0.1, -0.05) is 6.07 Å². The minimum Gasteiger partial charge on any atom is -0.380 e. The van der Waals surface area contributed by atoms with Gasteiger partial charge in [-0.15, -0.1) is 24.0 Å². The molecule has 0 unspecified atom stereocenters. The van der Waals surface area contributed by atoms with Gasteiger partial charge in [-0.05, 0) is 30.2 Å². The second-order valence-corrected chi connectivity index (χ2v) is 7.17. The molecule has 0 atom stereocenters. The van der Waals surface area contributed by atoms with Crippen LogP contribution in [-0.2, 0) is 26.9 Å². The average molecular weight is 473 g/mol. The molecule has 0 aromatic heterocycles. The maximum atomic E-state index is 13.4. The molecule has 0 aliphatic heterocycles. The lowest BCUT2D eigenvalue weighted by atomic mass is 10.1. The van der Waals surface area contributed by atoms with Crippen molar-refractivity contribution in [3.05, 3.63) is 35.1 Å². The smallest absolute Gasteiger partial charge is 0.191 e. The van der Waals surface area contributed by atoms with Crippen molar-refractivity contribution in [2.75, 3.05) is 33.1 Å². The van der Waals surface area contributed by atoms with Crippen molar-refractivity contribution in [2.45, 2.75) is 19.2 Å². The summed E-state index contributed by atoms with van der Waals surface area (Å²) in [5.74, 6) is 0.0123. The van der Waals surface area contributed by atoms with E-state index in [1.165, 1.54) is 18.2 Å². The van der Waals surface area contributed by atoms with Crippen molar-refractivity contribution in [2.24, 2.45) is 4.99 Å². The Bertz CT molecular complexity index is 639. The first kappa shape index (κ1) is 23.1. The molecule has 1 rings (SSSR count). The second-order valence-electron chi connectivity index (χ2n) is 5.03. The predicted molar refractivity (Wildman–Crippen MR) is 105 cm³/mol. The van der Waals surface area contributed by atoms with E-state index in [4.69, 9.17) is 4.74 Å². The maximum absolute atomic E-state index is 13.4. The Morgan fingerprint density at radius 2 is 2.00 bits per heavy atom. The first-order valence-corrected chi connectivity index (χ1v) is 9.39. The summed E-state index contributed by atoms with van der Waals surface area (Å²) in [4.78, 5) is 4.05. The predicted octanol–water partition coefficient (Wildman–Crippen LogP) is 1.69. The quantitative estimate of drug-likeness (QED) is 0.260. The summed E-state index contributed by atoms with van der Waals surface area (Å²) in [6.45, 7) is 3.98. The summed E-state index contributed by atoms with van der Waals surface area (Å²) in [6.07, 6.45) is 1.15. The van der Waals surface area contributed by atoms with Crippen molar-refractivity contribution < 1.29 is 17.5 Å². The molecule has 6 nitrogen and oxygen atoms in total. The van der Waals surface area contributed by atoms with Gasteiger partial charge in [-0.3, -0.25) is 4.99 Å². The highest BCUT2D eigenvalue weighted by Crippen LogP contribution is 2.14. The van der Waals surface area contributed by atoms with Gasteiger partial charge in [0, 0.05) is 33.0 Å². The van der Waals surface area contributed by atoms with E-state index >= 15 is 0 Å². The van der Waals surface area contributed by atoms with Crippen LogP contribution in [0.2, 0.25) is 0 Å². The number of hydrogen-bond acceptors (Lipinski definition) is 4. The lowest BCUT2D eigenvalue weighted by Gasteiger charge is -2.14. The SMILES string of the molecule is CCOCCNC(=NC)NCc1cc(F)ccc1CS(C)(=O)=O.I. The molecular weight excluding hydrogens is 448 g/mol. The molecule has 1 aromatic rings. The molecule has 0 fully saturated rings. The number of nitrogens with zero attached hydrogens (tertiary/aromatic N) is 1. The monoisotopic (exact) mass is 473 g/mol. The molecule has 24 heavy (non-hydrogen) atoms. The fraction of sp³-hybridized carbons (Fsp3) is 0.533. The number of ether oxygens (including phenoxy) is 1. The van der Waals surface area contributed by atoms with Gasteiger partial charge in [0.1, 0.15) is 5.82 Å². The van der Waals surface area contributed by atoms with Crippen LogP contribution < -0.4 is 10.6 Å². The average Bonchev–Trinajstić information content (AvgIpc) is 2.47. The molecule has 0 bridgehead atoms. The number of rotatable bonds is 8. The molecule has 0 saturated carbocycles. The fourth-order valence-electron chi connectivity index (χ4n) is 1.97. The van der Waals surface area contributed by atoms with E-state index in [9.17, 15) is 12.8 Å². The van der Waals surface area contributed by atoms with Gasteiger partial charge in [0.25, 0.3) is 0 Å². The highest BCUT2D eigenvalue weighted by Gasteiger charge is 2.11. The summed E-state index contributed by atoms with van der Waals surface area (Å²) in [7, 11) is -1.57. The Hall–Kier alpha value is -0.940. The molecule has 0 aliphatic carbocycles. The minimum absolute atomic E-state index is 0. The van der Waals surface area contributed by atoms with E-state index in [0.717, 1.165) is 6.26 Å². The number of benzene rings is 1. The summed E-state index contributed by atoms with van der Waals surface area (Å²) < 4.78 is 41.6. The van der Waals surface area contributed by atoms with Crippen LogP contribution in [0.5, 0.6) is 0 Å². The first-order valence-electron chi connectivity index (χ1n) is 7.33. The highest BCUT2D eigenvalue weighted by atomic mass is 127. The lowest BCUT2D eigenvalue weighted by molar-refractivity contribution is 0.152. The summed E-state index contributed by atoms with van der Waals surface area (Å²) >= 11 is 0. The van der Waals surface area contributed by atoms with Crippen molar-refractivity contribution >= 4 is 39.8 Å². The van der Waals surface area contributed by atoms with Crippen LogP contribution in [0.1, 0.15) is 18.1 Å². The number of guanidine groups is 1. The Morgan fingerprint density at radius 1 is 1.29 bits per heavy atom. The van der Waals surface area contributed by atoms with Gasteiger partial charge in [0.2, 0.25) is 0 Å². The van der Waals surface area contributed by atoms with Gasteiger partial charge in [0.15, 0.2) is 15.8 Å². The van der Waals surface area contributed by atoms with E-state index < -0.39 is 15.7 Å². The maximum Gasteiger partial charge on any atom is 0.191 e. The zero-order valence-electron chi connectivity index (χ0n) is 14.1. The van der Waals surface area contributed by atoms with Crippen molar-refractivity contribution in [1.82, 2.24) is 10.6 Å². The zero-order valence-corrected chi connectivity index (χ0v) is 17.3. The third kappa shape index (κ3) is 9.38. The molecule has 138 valence electrons. The summed E-state index contributed by atoms with van der Waals surface area (Å²) in [6, 6.07) is 4.10.